The Kier molecular flexibility index (Phi) is 1.51. The minimum absolute atomic E-state index is 0.883. The molecule has 3 heteroatoms. The minimum Gasteiger partial charge on any atom is -0.138 e. The van der Waals surface area contributed by atoms with Gasteiger partial charge in [-0.25, -0.2) is 0 Å². The fourth-order valence-electron chi connectivity index (χ4n) is 0.471. The van der Waals surface area contributed by atoms with Gasteiger partial charge in [0, 0.05) is 6.07 Å². The molecule has 1 rings (SSSR count). The molecule has 1 aromatic heterocycles. The summed E-state index contributed by atoms with van der Waals surface area (Å²) >= 11 is 0. The van der Waals surface area contributed by atoms with E-state index in [1.165, 1.54) is 0 Å². The molecule has 0 atom stereocenters. The molecule has 0 fully saturated rings. The van der Waals surface area contributed by atoms with Crippen LogP contribution >= 0.6 is 0 Å². The molecular formula is C5H8N3+. The van der Waals surface area contributed by atoms with Gasteiger partial charge in [-0.15, -0.1) is 4.68 Å². The number of hydrogen-bond acceptors (Lipinski definition) is 2. The van der Waals surface area contributed by atoms with Crippen LogP contribution in [0.4, 0.5) is 0 Å². The van der Waals surface area contributed by atoms with Crippen molar-refractivity contribution >= 4 is 0 Å². The Morgan fingerprint density at radius 1 is 1.62 bits per heavy atom. The molecule has 0 bridgehead atoms. The third kappa shape index (κ3) is 0.992. The normalized spacial score (nSPS) is 9.12. The van der Waals surface area contributed by atoms with Gasteiger partial charge in [-0.05, 0) is 6.92 Å². The maximum atomic E-state index is 3.76. The summed E-state index contributed by atoms with van der Waals surface area (Å²) in [5.74, 6) is 0. The topological polar surface area (TPSA) is 29.7 Å². The molecular weight excluding hydrogens is 102 g/mol. The van der Waals surface area contributed by atoms with Gasteiger partial charge in [0.05, 0.1) is 5.10 Å². The first-order valence-electron chi connectivity index (χ1n) is 2.61. The van der Waals surface area contributed by atoms with Crippen molar-refractivity contribution in [1.29, 1.82) is 0 Å². The Morgan fingerprint density at radius 3 is 2.88 bits per heavy atom. The lowest BCUT2D eigenvalue weighted by Gasteiger charge is -1.82. The van der Waals surface area contributed by atoms with Crippen LogP contribution in [0.15, 0.2) is 18.5 Å². The number of rotatable bonds is 1. The number of aryl methyl sites for hydroxylation is 1. The lowest BCUT2D eigenvalue weighted by molar-refractivity contribution is -0.756. The molecule has 0 unspecified atom stereocenters. The van der Waals surface area contributed by atoms with Crippen LogP contribution in [0.3, 0.4) is 0 Å². The van der Waals surface area contributed by atoms with Gasteiger partial charge in [-0.2, -0.15) is 0 Å². The summed E-state index contributed by atoms with van der Waals surface area (Å²) in [5.41, 5.74) is 0. The van der Waals surface area contributed by atoms with Crippen LogP contribution in [0.25, 0.3) is 0 Å². The summed E-state index contributed by atoms with van der Waals surface area (Å²) in [7, 11) is 0. The monoisotopic (exact) mass is 110 g/mol. The van der Waals surface area contributed by atoms with E-state index in [4.69, 9.17) is 0 Å². The second-order valence-electron chi connectivity index (χ2n) is 1.45. The maximum Gasteiger partial charge on any atom is 0.171 e. The van der Waals surface area contributed by atoms with Crippen molar-refractivity contribution in [2.75, 3.05) is 0 Å². The third-order valence-electron chi connectivity index (χ3n) is 0.901. The highest BCUT2D eigenvalue weighted by atomic mass is 15.4. The Bertz CT molecular complexity index is 149. The second kappa shape index (κ2) is 2.35. The van der Waals surface area contributed by atoms with Crippen molar-refractivity contribution in [2.24, 2.45) is 0 Å². The first kappa shape index (κ1) is 5.15. The summed E-state index contributed by atoms with van der Waals surface area (Å²) < 4.78 is 1.76. The smallest absolute Gasteiger partial charge is 0.138 e. The van der Waals surface area contributed by atoms with Crippen LogP contribution < -0.4 is 4.68 Å². The van der Waals surface area contributed by atoms with Crippen LogP contribution in [-0.2, 0) is 6.54 Å². The Hall–Kier alpha value is -0.990. The largest absolute Gasteiger partial charge is 0.171 e. The number of aromatic nitrogens is 3. The molecule has 0 N–H and O–H groups in total. The highest BCUT2D eigenvalue weighted by Crippen LogP contribution is 1.64. The number of nitrogens with zero attached hydrogens (tertiary/aromatic N) is 3. The van der Waals surface area contributed by atoms with E-state index in [2.05, 4.69) is 10.3 Å². The molecule has 0 spiro atoms. The van der Waals surface area contributed by atoms with E-state index < -0.39 is 0 Å². The standard InChI is InChI=1S/C5H8N3/c1-2-8-5-3-4-6-7-8/h3-5H,2H2,1H3/q+1. The minimum atomic E-state index is 0.883. The molecule has 8 heavy (non-hydrogen) atoms. The van der Waals surface area contributed by atoms with Crippen molar-refractivity contribution in [3.05, 3.63) is 18.5 Å². The molecule has 0 saturated heterocycles. The average molecular weight is 110 g/mol. The summed E-state index contributed by atoms with van der Waals surface area (Å²) in [6.45, 7) is 2.91. The molecule has 0 saturated carbocycles. The van der Waals surface area contributed by atoms with Crippen LogP contribution in [0.5, 0.6) is 0 Å². The fraction of sp³-hybridized carbons (Fsp3) is 0.400. The van der Waals surface area contributed by atoms with E-state index >= 15 is 0 Å². The summed E-state index contributed by atoms with van der Waals surface area (Å²) in [6, 6.07) is 1.86. The van der Waals surface area contributed by atoms with E-state index in [1.807, 2.05) is 19.2 Å². The van der Waals surface area contributed by atoms with E-state index in [0.717, 1.165) is 6.54 Å². The zero-order valence-electron chi connectivity index (χ0n) is 4.78. The van der Waals surface area contributed by atoms with Crippen molar-refractivity contribution in [1.82, 2.24) is 10.3 Å². The van der Waals surface area contributed by atoms with E-state index in [0.29, 0.717) is 0 Å². The van der Waals surface area contributed by atoms with Crippen LogP contribution in [0.1, 0.15) is 6.92 Å². The average Bonchev–Trinajstić information content (AvgIpc) is 1.90. The van der Waals surface area contributed by atoms with E-state index in [-0.39, 0.29) is 0 Å². The van der Waals surface area contributed by atoms with Crippen LogP contribution in [0.2, 0.25) is 0 Å². The predicted octanol–water partition coefficient (Wildman–Crippen LogP) is -0.216. The summed E-state index contributed by atoms with van der Waals surface area (Å²) in [4.78, 5) is 0. The summed E-state index contributed by atoms with van der Waals surface area (Å²) in [6.07, 6.45) is 3.54. The van der Waals surface area contributed by atoms with Gasteiger partial charge in [0.1, 0.15) is 18.0 Å². The van der Waals surface area contributed by atoms with Gasteiger partial charge in [0.15, 0.2) is 6.20 Å². The van der Waals surface area contributed by atoms with E-state index in [9.17, 15) is 0 Å². The van der Waals surface area contributed by atoms with Gasteiger partial charge < -0.3 is 0 Å². The Labute approximate surface area is 48.0 Å². The lowest BCUT2D eigenvalue weighted by atomic mass is 10.7. The van der Waals surface area contributed by atoms with Crippen molar-refractivity contribution in [3.63, 3.8) is 0 Å². The zero-order valence-corrected chi connectivity index (χ0v) is 4.78. The van der Waals surface area contributed by atoms with Crippen molar-refractivity contribution < 1.29 is 4.68 Å². The fourth-order valence-corrected chi connectivity index (χ4v) is 0.471. The summed E-state index contributed by atoms with van der Waals surface area (Å²) in [5, 5.41) is 7.43. The molecule has 42 valence electrons. The maximum absolute atomic E-state index is 3.76. The Balaban J connectivity index is 2.83. The SMILES string of the molecule is CC[n+]1cccnn1. The van der Waals surface area contributed by atoms with Gasteiger partial charge in [0.25, 0.3) is 0 Å². The Morgan fingerprint density at radius 2 is 2.50 bits per heavy atom. The molecule has 0 aliphatic rings. The predicted molar refractivity (Wildman–Crippen MR) is 27.9 cm³/mol. The molecule has 1 heterocycles. The molecule has 0 aliphatic carbocycles. The van der Waals surface area contributed by atoms with Crippen molar-refractivity contribution in [3.8, 4) is 0 Å². The molecule has 1 aromatic rings. The quantitative estimate of drug-likeness (QED) is 0.468. The lowest BCUT2D eigenvalue weighted by Crippen LogP contribution is -2.36. The van der Waals surface area contributed by atoms with Gasteiger partial charge in [-0.3, -0.25) is 0 Å². The van der Waals surface area contributed by atoms with Crippen LogP contribution in [-0.4, -0.2) is 10.3 Å². The highest BCUT2D eigenvalue weighted by molar-refractivity contribution is 4.65. The second-order valence-corrected chi connectivity index (χ2v) is 1.45. The molecule has 0 aliphatic heterocycles. The molecule has 0 aromatic carbocycles. The first-order valence-corrected chi connectivity index (χ1v) is 2.61. The van der Waals surface area contributed by atoms with Gasteiger partial charge in [0.2, 0.25) is 0 Å². The first-order chi connectivity index (χ1) is 3.93. The van der Waals surface area contributed by atoms with Gasteiger partial charge in [-0.1, -0.05) is 0 Å². The van der Waals surface area contributed by atoms with Crippen LogP contribution in [0, 0.1) is 0 Å². The molecule has 0 radical (unpaired) electrons. The highest BCUT2D eigenvalue weighted by Gasteiger charge is 1.88. The van der Waals surface area contributed by atoms with Crippen molar-refractivity contribution in [2.45, 2.75) is 13.5 Å². The third-order valence-corrected chi connectivity index (χ3v) is 0.901. The molecule has 3 nitrogen and oxygen atoms in total. The molecule has 0 amide bonds. The van der Waals surface area contributed by atoms with Gasteiger partial charge >= 0.3 is 0 Å². The van der Waals surface area contributed by atoms with E-state index in [1.54, 1.807) is 10.9 Å². The zero-order chi connectivity index (χ0) is 5.82. The number of hydrogen-bond donors (Lipinski definition) is 0.